The van der Waals surface area contributed by atoms with E-state index in [9.17, 15) is 34.2 Å². The number of esters is 3. The molecular formula is C16H19BrN2O11. The van der Waals surface area contributed by atoms with Crippen LogP contribution < -0.4 is 11.2 Å². The lowest BCUT2D eigenvalue weighted by Crippen LogP contribution is -2.54. The molecule has 30 heavy (non-hydrogen) atoms. The summed E-state index contributed by atoms with van der Waals surface area (Å²) in [6.45, 7) is 1.96. The quantitative estimate of drug-likeness (QED) is 0.173. The van der Waals surface area contributed by atoms with Crippen molar-refractivity contribution < 1.29 is 43.5 Å². The number of alkyl halides is 1. The molecule has 2 rings (SSSR count). The lowest BCUT2D eigenvalue weighted by atomic mass is 10.1. The summed E-state index contributed by atoms with van der Waals surface area (Å²) in [7, 11) is 1.11. The minimum Gasteiger partial charge on any atom is -0.469 e. The summed E-state index contributed by atoms with van der Waals surface area (Å²) in [5.74, 6) is -5.23. The van der Waals surface area contributed by atoms with Crippen LogP contribution in [0.2, 0.25) is 0 Å². The molecular weight excluding hydrogens is 476 g/mol. The number of ether oxygens (including phenoxy) is 4. The molecule has 2 heterocycles. The second kappa shape index (κ2) is 9.07. The largest absolute Gasteiger partial charge is 0.469 e. The first-order chi connectivity index (χ1) is 13.9. The van der Waals surface area contributed by atoms with Crippen LogP contribution in [0.4, 0.5) is 0 Å². The number of H-pyrrole nitrogens is 1. The Morgan fingerprint density at radius 2 is 1.97 bits per heavy atom. The van der Waals surface area contributed by atoms with Gasteiger partial charge in [0.15, 0.2) is 12.3 Å². The van der Waals surface area contributed by atoms with Crippen LogP contribution in [0, 0.1) is 0 Å². The van der Waals surface area contributed by atoms with Crippen LogP contribution in [0.25, 0.3) is 0 Å². The summed E-state index contributed by atoms with van der Waals surface area (Å²) < 4.78 is 20.2. The average Bonchev–Trinajstić information content (AvgIpc) is 2.87. The number of aromatic amines is 1. The van der Waals surface area contributed by atoms with Gasteiger partial charge in [0.25, 0.3) is 11.3 Å². The van der Waals surface area contributed by atoms with Crippen LogP contribution in [0.15, 0.2) is 15.8 Å². The molecule has 0 saturated carbocycles. The number of aliphatic hydroxyl groups is 2. The second-order valence-corrected chi connectivity index (χ2v) is 7.25. The first kappa shape index (κ1) is 23.7. The number of nitrogens with zero attached hydrogens (tertiary/aromatic N) is 1. The fourth-order valence-corrected chi connectivity index (χ4v) is 3.54. The predicted molar refractivity (Wildman–Crippen MR) is 98.2 cm³/mol. The van der Waals surface area contributed by atoms with Gasteiger partial charge in [0.05, 0.1) is 13.5 Å². The highest BCUT2D eigenvalue weighted by molar-refractivity contribution is 9.09. The maximum Gasteiger partial charge on any atom is 0.330 e. The lowest BCUT2D eigenvalue weighted by molar-refractivity contribution is -0.269. The molecule has 14 heteroatoms. The van der Waals surface area contributed by atoms with Crippen LogP contribution >= 0.6 is 15.9 Å². The molecule has 1 aliphatic heterocycles. The number of halogens is 1. The molecule has 0 spiro atoms. The van der Waals surface area contributed by atoms with Gasteiger partial charge >= 0.3 is 23.6 Å². The van der Waals surface area contributed by atoms with E-state index in [0.717, 1.165) is 31.7 Å². The number of hydrogen-bond donors (Lipinski definition) is 3. The van der Waals surface area contributed by atoms with Gasteiger partial charge in [-0.3, -0.25) is 28.7 Å². The molecule has 0 aromatic carbocycles. The molecule has 0 aliphatic carbocycles. The zero-order valence-corrected chi connectivity index (χ0v) is 17.6. The fraction of sp³-hybridized carbons (Fsp3) is 0.562. The molecule has 0 amide bonds. The first-order valence-corrected chi connectivity index (χ1v) is 9.30. The van der Waals surface area contributed by atoms with Crippen molar-refractivity contribution in [3.05, 3.63) is 32.6 Å². The first-order valence-electron chi connectivity index (χ1n) is 8.38. The Balaban J connectivity index is 2.51. The molecule has 0 radical (unpaired) electrons. The summed E-state index contributed by atoms with van der Waals surface area (Å²) in [6, 6.07) is 0. The van der Waals surface area contributed by atoms with Gasteiger partial charge in [-0.25, -0.2) is 4.79 Å². The number of methoxy groups -OCH3 is 1. The SMILES string of the molecule is COC(=O)Cc1cn([C@@H]2O[C@H](C(O)OC(C)=O)[C@](O)(OC(C)=O)C2Br)c(=O)[nH]c1=O. The van der Waals surface area contributed by atoms with Crippen molar-refractivity contribution in [1.29, 1.82) is 0 Å². The Labute approximate surface area is 176 Å². The molecule has 1 aromatic heterocycles. The topological polar surface area (TPSA) is 183 Å². The third-order valence-corrected chi connectivity index (χ3v) is 5.18. The Morgan fingerprint density at radius 1 is 1.33 bits per heavy atom. The van der Waals surface area contributed by atoms with Crippen molar-refractivity contribution in [2.24, 2.45) is 0 Å². The van der Waals surface area contributed by atoms with Gasteiger partial charge in [-0.2, -0.15) is 0 Å². The smallest absolute Gasteiger partial charge is 0.330 e. The molecule has 0 bridgehead atoms. The Morgan fingerprint density at radius 3 is 2.50 bits per heavy atom. The van der Waals surface area contributed by atoms with E-state index in [2.05, 4.69) is 25.4 Å². The second-order valence-electron chi connectivity index (χ2n) is 6.27. The third-order valence-electron chi connectivity index (χ3n) is 4.07. The molecule has 166 valence electrons. The van der Waals surface area contributed by atoms with Crippen molar-refractivity contribution in [2.45, 2.75) is 49.5 Å². The minimum absolute atomic E-state index is 0.162. The van der Waals surface area contributed by atoms with Crippen molar-refractivity contribution in [1.82, 2.24) is 9.55 Å². The number of nitrogens with one attached hydrogen (secondary N) is 1. The monoisotopic (exact) mass is 494 g/mol. The van der Waals surface area contributed by atoms with Gasteiger partial charge < -0.3 is 29.2 Å². The van der Waals surface area contributed by atoms with E-state index < -0.39 is 64.8 Å². The fourth-order valence-electron chi connectivity index (χ4n) is 2.80. The van der Waals surface area contributed by atoms with E-state index in [1.165, 1.54) is 0 Å². The lowest BCUT2D eigenvalue weighted by Gasteiger charge is -2.31. The molecule has 2 unspecified atom stereocenters. The summed E-state index contributed by atoms with van der Waals surface area (Å²) in [5.41, 5.74) is -2.00. The summed E-state index contributed by atoms with van der Waals surface area (Å²) >= 11 is 3.06. The third kappa shape index (κ3) is 4.77. The van der Waals surface area contributed by atoms with Gasteiger partial charge in [0.2, 0.25) is 6.29 Å². The van der Waals surface area contributed by atoms with E-state index in [0.29, 0.717) is 0 Å². The average molecular weight is 495 g/mol. The van der Waals surface area contributed by atoms with E-state index in [4.69, 9.17) is 9.47 Å². The summed E-state index contributed by atoms with van der Waals surface area (Å²) in [6.07, 6.45) is -4.86. The Bertz CT molecular complexity index is 957. The van der Waals surface area contributed by atoms with Gasteiger partial charge in [0.1, 0.15) is 4.83 Å². The van der Waals surface area contributed by atoms with Gasteiger partial charge in [-0.15, -0.1) is 0 Å². The van der Waals surface area contributed by atoms with Crippen LogP contribution in [-0.2, 0) is 39.8 Å². The number of aliphatic hydroxyl groups excluding tert-OH is 1. The normalized spacial score (nSPS) is 26.7. The number of rotatable bonds is 6. The maximum absolute atomic E-state index is 12.3. The van der Waals surface area contributed by atoms with Gasteiger partial charge in [-0.1, -0.05) is 15.9 Å². The molecule has 1 fully saturated rings. The molecule has 5 atom stereocenters. The highest BCUT2D eigenvalue weighted by Crippen LogP contribution is 2.43. The van der Waals surface area contributed by atoms with Gasteiger partial charge in [-0.05, 0) is 0 Å². The van der Waals surface area contributed by atoms with Crippen LogP contribution in [-0.4, -0.2) is 67.8 Å². The highest BCUT2D eigenvalue weighted by Gasteiger charge is 2.62. The van der Waals surface area contributed by atoms with Crippen molar-refractivity contribution in [3.8, 4) is 0 Å². The van der Waals surface area contributed by atoms with E-state index >= 15 is 0 Å². The van der Waals surface area contributed by atoms with Crippen LogP contribution in [0.3, 0.4) is 0 Å². The molecule has 13 nitrogen and oxygen atoms in total. The van der Waals surface area contributed by atoms with Crippen molar-refractivity contribution >= 4 is 33.8 Å². The van der Waals surface area contributed by atoms with E-state index in [-0.39, 0.29) is 5.56 Å². The highest BCUT2D eigenvalue weighted by atomic mass is 79.9. The summed E-state index contributed by atoms with van der Waals surface area (Å²) in [5, 5.41) is 21.0. The number of carbonyl (C=O) groups is 3. The van der Waals surface area contributed by atoms with E-state index in [1.807, 2.05) is 4.98 Å². The Hall–Kier alpha value is -2.55. The molecule has 1 aliphatic rings. The standard InChI is InChI=1S/C16H19BrN2O11/c1-6(20)28-14(24)11-16(26,30-7(2)21)10(17)13(29-11)19-5-8(4-9(22)27-3)12(23)18-15(19)25/h5,10-11,13-14,24,26H,4H2,1-3H3,(H,18,23,25)/t10?,11-,13-,14?,16-/m1/s1. The number of aromatic nitrogens is 2. The molecule has 3 N–H and O–H groups in total. The molecule has 1 aromatic rings. The Kier molecular flexibility index (Phi) is 7.18. The predicted octanol–water partition coefficient (Wildman–Crippen LogP) is -1.95. The van der Waals surface area contributed by atoms with Gasteiger partial charge in [0, 0.05) is 25.6 Å². The zero-order valence-electron chi connectivity index (χ0n) is 16.0. The number of hydrogen-bond acceptors (Lipinski definition) is 11. The minimum atomic E-state index is -2.58. The number of carbonyl (C=O) groups excluding carboxylic acids is 3. The van der Waals surface area contributed by atoms with Crippen LogP contribution in [0.1, 0.15) is 25.6 Å². The maximum atomic E-state index is 12.3. The summed E-state index contributed by atoms with van der Waals surface area (Å²) in [4.78, 5) is 59.0. The van der Waals surface area contributed by atoms with Crippen molar-refractivity contribution in [2.75, 3.05) is 7.11 Å². The zero-order chi connectivity index (χ0) is 22.8. The van der Waals surface area contributed by atoms with Crippen LogP contribution in [0.5, 0.6) is 0 Å². The van der Waals surface area contributed by atoms with Crippen molar-refractivity contribution in [3.63, 3.8) is 0 Å². The van der Waals surface area contributed by atoms with E-state index in [1.54, 1.807) is 0 Å². The molecule has 1 saturated heterocycles.